The third-order valence-electron chi connectivity index (χ3n) is 3.98. The van der Waals surface area contributed by atoms with Crippen molar-refractivity contribution >= 4 is 6.03 Å². The molecular weight excluding hydrogens is 280 g/mol. The summed E-state index contributed by atoms with van der Waals surface area (Å²) in [5.41, 5.74) is 1.01. The van der Waals surface area contributed by atoms with E-state index in [2.05, 4.69) is 10.6 Å². The molecule has 0 bridgehead atoms. The number of fused-ring (bicyclic) bond motifs is 1. The molecule has 1 aliphatic heterocycles. The van der Waals surface area contributed by atoms with Gasteiger partial charge in [0.1, 0.15) is 12.4 Å². The van der Waals surface area contributed by atoms with E-state index in [-0.39, 0.29) is 30.1 Å². The lowest BCUT2D eigenvalue weighted by molar-refractivity contribution is 0.181. The minimum atomic E-state index is -0.207. The Labute approximate surface area is 132 Å². The summed E-state index contributed by atoms with van der Waals surface area (Å²) in [5, 5.41) is 15.1. The van der Waals surface area contributed by atoms with Crippen LogP contribution in [0.25, 0.3) is 0 Å². The van der Waals surface area contributed by atoms with Gasteiger partial charge in [-0.2, -0.15) is 0 Å². The molecule has 0 saturated carbocycles. The van der Waals surface area contributed by atoms with Gasteiger partial charge in [0, 0.05) is 12.6 Å². The van der Waals surface area contributed by atoms with Crippen molar-refractivity contribution in [1.29, 1.82) is 0 Å². The van der Waals surface area contributed by atoms with E-state index in [0.29, 0.717) is 13.0 Å². The van der Waals surface area contributed by atoms with E-state index in [0.717, 1.165) is 17.7 Å². The molecular formula is C17H26N2O3. The topological polar surface area (TPSA) is 70.6 Å². The SMILES string of the molecule is CC(C)(C)[C@H](CCO)NC(=O)N[C@H]1COc2ccccc2C1. The molecule has 0 spiro atoms. The average molecular weight is 306 g/mol. The number of hydrogen-bond donors (Lipinski definition) is 3. The molecule has 122 valence electrons. The quantitative estimate of drug-likeness (QED) is 0.797. The minimum Gasteiger partial charge on any atom is -0.491 e. The fraction of sp³-hybridized carbons (Fsp3) is 0.588. The Morgan fingerprint density at radius 3 is 2.82 bits per heavy atom. The lowest BCUT2D eigenvalue weighted by Crippen LogP contribution is -2.53. The first-order chi connectivity index (χ1) is 10.4. The Morgan fingerprint density at radius 1 is 1.41 bits per heavy atom. The fourth-order valence-electron chi connectivity index (χ4n) is 2.66. The van der Waals surface area contributed by atoms with Crippen molar-refractivity contribution in [2.45, 2.75) is 45.7 Å². The standard InChI is InChI=1S/C17H26N2O3/c1-17(2,3)15(8-9-20)19-16(21)18-13-10-12-6-4-5-7-14(12)22-11-13/h4-7,13,15,20H,8-11H2,1-3H3,(H2,18,19,21)/t13-,15+/m1/s1. The number of carbonyl (C=O) groups is 1. The van der Waals surface area contributed by atoms with Gasteiger partial charge in [0.05, 0.1) is 6.04 Å². The number of aliphatic hydroxyl groups excluding tert-OH is 1. The molecule has 0 unspecified atom stereocenters. The predicted molar refractivity (Wildman–Crippen MR) is 86.0 cm³/mol. The number of ether oxygens (including phenoxy) is 1. The Balaban J connectivity index is 1.90. The summed E-state index contributed by atoms with van der Waals surface area (Å²) in [5.74, 6) is 0.897. The van der Waals surface area contributed by atoms with Crippen molar-refractivity contribution in [2.75, 3.05) is 13.2 Å². The van der Waals surface area contributed by atoms with E-state index in [9.17, 15) is 4.79 Å². The Kier molecular flexibility index (Phi) is 5.29. The molecule has 0 aromatic heterocycles. The number of hydrogen-bond acceptors (Lipinski definition) is 3. The van der Waals surface area contributed by atoms with Crippen LogP contribution in [0.15, 0.2) is 24.3 Å². The predicted octanol–water partition coefficient (Wildman–Crippen LogP) is 2.09. The van der Waals surface area contributed by atoms with E-state index in [4.69, 9.17) is 9.84 Å². The molecule has 1 aromatic carbocycles. The highest BCUT2D eigenvalue weighted by Crippen LogP contribution is 2.24. The van der Waals surface area contributed by atoms with Gasteiger partial charge in [-0.05, 0) is 29.9 Å². The molecule has 2 rings (SSSR count). The number of rotatable bonds is 4. The Morgan fingerprint density at radius 2 is 2.14 bits per heavy atom. The van der Waals surface area contributed by atoms with Gasteiger partial charge in [-0.25, -0.2) is 4.79 Å². The van der Waals surface area contributed by atoms with Crippen LogP contribution < -0.4 is 15.4 Å². The van der Waals surface area contributed by atoms with Gasteiger partial charge in [0.2, 0.25) is 0 Å². The van der Waals surface area contributed by atoms with E-state index >= 15 is 0 Å². The van der Waals surface area contributed by atoms with Crippen LogP contribution in [-0.2, 0) is 6.42 Å². The van der Waals surface area contributed by atoms with E-state index in [1.807, 2.05) is 45.0 Å². The van der Waals surface area contributed by atoms with E-state index in [1.165, 1.54) is 0 Å². The maximum Gasteiger partial charge on any atom is 0.315 e. The number of nitrogens with one attached hydrogen (secondary N) is 2. The van der Waals surface area contributed by atoms with E-state index < -0.39 is 0 Å². The monoisotopic (exact) mass is 306 g/mol. The van der Waals surface area contributed by atoms with Crippen LogP contribution in [0.4, 0.5) is 4.79 Å². The summed E-state index contributed by atoms with van der Waals surface area (Å²) in [6.07, 6.45) is 1.31. The molecule has 3 N–H and O–H groups in total. The third kappa shape index (κ3) is 4.37. The van der Waals surface area contributed by atoms with Crippen LogP contribution in [-0.4, -0.2) is 36.4 Å². The number of amides is 2. The third-order valence-corrected chi connectivity index (χ3v) is 3.98. The zero-order chi connectivity index (χ0) is 16.2. The fourth-order valence-corrected chi connectivity index (χ4v) is 2.66. The summed E-state index contributed by atoms with van der Waals surface area (Å²) in [4.78, 5) is 12.2. The van der Waals surface area contributed by atoms with Gasteiger partial charge in [-0.1, -0.05) is 39.0 Å². The first-order valence-corrected chi connectivity index (χ1v) is 7.78. The normalized spacial score (nSPS) is 18.8. The number of para-hydroxylation sites is 1. The molecule has 0 aliphatic carbocycles. The molecule has 0 radical (unpaired) electrons. The molecule has 1 heterocycles. The Hall–Kier alpha value is -1.75. The summed E-state index contributed by atoms with van der Waals surface area (Å²) < 4.78 is 5.67. The number of urea groups is 1. The van der Waals surface area contributed by atoms with Crippen LogP contribution >= 0.6 is 0 Å². The van der Waals surface area contributed by atoms with Crippen molar-refractivity contribution in [3.05, 3.63) is 29.8 Å². The zero-order valence-corrected chi connectivity index (χ0v) is 13.6. The molecule has 0 fully saturated rings. The van der Waals surface area contributed by atoms with Gasteiger partial charge >= 0.3 is 6.03 Å². The molecule has 2 atom stereocenters. The van der Waals surface area contributed by atoms with Crippen LogP contribution in [0, 0.1) is 5.41 Å². The summed E-state index contributed by atoms with van der Waals surface area (Å²) in [6.45, 7) is 6.68. The van der Waals surface area contributed by atoms with Crippen molar-refractivity contribution in [1.82, 2.24) is 10.6 Å². The average Bonchev–Trinajstić information content (AvgIpc) is 2.45. The summed E-state index contributed by atoms with van der Waals surface area (Å²) >= 11 is 0. The first-order valence-electron chi connectivity index (χ1n) is 7.78. The lowest BCUT2D eigenvalue weighted by Gasteiger charge is -2.32. The maximum atomic E-state index is 12.2. The zero-order valence-electron chi connectivity index (χ0n) is 13.6. The van der Waals surface area contributed by atoms with Gasteiger partial charge in [-0.15, -0.1) is 0 Å². The van der Waals surface area contributed by atoms with E-state index in [1.54, 1.807) is 0 Å². The molecule has 22 heavy (non-hydrogen) atoms. The molecule has 2 amide bonds. The highest BCUT2D eigenvalue weighted by Gasteiger charge is 2.27. The number of carbonyl (C=O) groups excluding carboxylic acids is 1. The molecule has 1 aromatic rings. The van der Waals surface area contributed by atoms with Gasteiger partial charge in [0.15, 0.2) is 0 Å². The summed E-state index contributed by atoms with van der Waals surface area (Å²) in [7, 11) is 0. The molecule has 5 heteroatoms. The number of aliphatic hydroxyl groups is 1. The molecule has 0 saturated heterocycles. The molecule has 5 nitrogen and oxygen atoms in total. The highest BCUT2D eigenvalue weighted by atomic mass is 16.5. The second-order valence-corrected chi connectivity index (χ2v) is 6.87. The van der Waals surface area contributed by atoms with Crippen molar-refractivity contribution < 1.29 is 14.6 Å². The van der Waals surface area contributed by atoms with Crippen LogP contribution in [0.2, 0.25) is 0 Å². The van der Waals surface area contributed by atoms with Crippen LogP contribution in [0.3, 0.4) is 0 Å². The molecule has 1 aliphatic rings. The van der Waals surface area contributed by atoms with Gasteiger partial charge in [0.25, 0.3) is 0 Å². The summed E-state index contributed by atoms with van der Waals surface area (Å²) in [6, 6.07) is 7.57. The van der Waals surface area contributed by atoms with Gasteiger partial charge < -0.3 is 20.5 Å². The smallest absolute Gasteiger partial charge is 0.315 e. The lowest BCUT2D eigenvalue weighted by atomic mass is 9.85. The van der Waals surface area contributed by atoms with Crippen LogP contribution in [0.5, 0.6) is 5.75 Å². The minimum absolute atomic E-state index is 0.0374. The van der Waals surface area contributed by atoms with Gasteiger partial charge in [-0.3, -0.25) is 0 Å². The van der Waals surface area contributed by atoms with Crippen molar-refractivity contribution in [3.63, 3.8) is 0 Å². The maximum absolute atomic E-state index is 12.2. The van der Waals surface area contributed by atoms with Crippen molar-refractivity contribution in [3.8, 4) is 5.75 Å². The van der Waals surface area contributed by atoms with Crippen LogP contribution in [0.1, 0.15) is 32.8 Å². The number of benzene rings is 1. The second-order valence-electron chi connectivity index (χ2n) is 6.87. The largest absolute Gasteiger partial charge is 0.491 e. The first kappa shape index (κ1) is 16.6. The highest BCUT2D eigenvalue weighted by molar-refractivity contribution is 5.74. The second kappa shape index (κ2) is 7.01. The van der Waals surface area contributed by atoms with Crippen molar-refractivity contribution in [2.24, 2.45) is 5.41 Å². The Bertz CT molecular complexity index is 511.